The number of nitrogens with one attached hydrogen (secondary N) is 1. The SMILES string of the molecule is C[C@H](NC[C@@]1(O)OC[C@@H](O)C(O)C1O)C(=O)O. The molecule has 8 heteroatoms. The first-order chi connectivity index (χ1) is 7.78. The molecule has 0 aromatic heterocycles. The van der Waals surface area contributed by atoms with Crippen molar-refractivity contribution in [2.45, 2.75) is 37.1 Å². The van der Waals surface area contributed by atoms with Gasteiger partial charge in [-0.1, -0.05) is 0 Å². The molecule has 0 aliphatic carbocycles. The van der Waals surface area contributed by atoms with Crippen LogP contribution in [0.15, 0.2) is 0 Å². The summed E-state index contributed by atoms with van der Waals surface area (Å²) in [6.45, 7) is 0.620. The Labute approximate surface area is 97.4 Å². The molecule has 1 fully saturated rings. The summed E-state index contributed by atoms with van der Waals surface area (Å²) in [4.78, 5) is 10.5. The molecular formula is C9H17NO7. The number of carboxylic acid groups (broad SMARTS) is 1. The Morgan fingerprint density at radius 2 is 2.12 bits per heavy atom. The van der Waals surface area contributed by atoms with Gasteiger partial charge < -0.3 is 30.3 Å². The van der Waals surface area contributed by atoms with Gasteiger partial charge in [0.25, 0.3) is 0 Å². The number of carbonyl (C=O) groups is 1. The summed E-state index contributed by atoms with van der Waals surface area (Å²) in [6.07, 6.45) is -4.56. The Hall–Kier alpha value is -0.770. The predicted octanol–water partition coefficient (Wildman–Crippen LogP) is -3.15. The van der Waals surface area contributed by atoms with Gasteiger partial charge in [-0.2, -0.15) is 0 Å². The van der Waals surface area contributed by atoms with E-state index in [4.69, 9.17) is 9.84 Å². The maximum absolute atomic E-state index is 10.5. The standard InChI is InChI=1S/C9H17NO7/c1-4(8(14)15)10-3-9(16)7(13)6(12)5(11)2-17-9/h4-7,10-13,16H,2-3H2,1H3,(H,14,15)/t4-,5+,6?,7?,9+/m0/s1. The topological polar surface area (TPSA) is 139 Å². The summed E-state index contributed by atoms with van der Waals surface area (Å²) < 4.78 is 4.83. The van der Waals surface area contributed by atoms with E-state index in [9.17, 15) is 25.2 Å². The number of hydrogen-bond acceptors (Lipinski definition) is 7. The fourth-order valence-electron chi connectivity index (χ4n) is 1.43. The van der Waals surface area contributed by atoms with Crippen LogP contribution in [0.4, 0.5) is 0 Å². The van der Waals surface area contributed by atoms with Gasteiger partial charge in [0.1, 0.15) is 24.4 Å². The smallest absolute Gasteiger partial charge is 0.320 e. The van der Waals surface area contributed by atoms with Gasteiger partial charge in [-0.25, -0.2) is 0 Å². The molecule has 0 aromatic carbocycles. The molecule has 1 heterocycles. The van der Waals surface area contributed by atoms with Crippen molar-refractivity contribution in [2.75, 3.05) is 13.2 Å². The molecule has 1 saturated heterocycles. The van der Waals surface area contributed by atoms with Gasteiger partial charge >= 0.3 is 5.97 Å². The lowest BCUT2D eigenvalue weighted by Gasteiger charge is -2.41. The Morgan fingerprint density at radius 3 is 2.65 bits per heavy atom. The van der Waals surface area contributed by atoms with Crippen LogP contribution in [0.2, 0.25) is 0 Å². The van der Waals surface area contributed by atoms with Crippen molar-refractivity contribution >= 4 is 5.97 Å². The van der Waals surface area contributed by atoms with Crippen molar-refractivity contribution in [1.82, 2.24) is 5.32 Å². The average molecular weight is 251 g/mol. The molecule has 0 aromatic rings. The molecule has 6 N–H and O–H groups in total. The summed E-state index contributed by atoms with van der Waals surface area (Å²) in [5.74, 6) is -3.25. The van der Waals surface area contributed by atoms with Crippen molar-refractivity contribution in [2.24, 2.45) is 0 Å². The number of hydrogen-bond donors (Lipinski definition) is 6. The van der Waals surface area contributed by atoms with E-state index in [1.54, 1.807) is 0 Å². The van der Waals surface area contributed by atoms with Crippen molar-refractivity contribution in [1.29, 1.82) is 0 Å². The molecular weight excluding hydrogens is 234 g/mol. The molecule has 5 atom stereocenters. The zero-order valence-corrected chi connectivity index (χ0v) is 9.28. The molecule has 0 amide bonds. The van der Waals surface area contributed by atoms with E-state index in [2.05, 4.69) is 5.32 Å². The quantitative estimate of drug-likeness (QED) is 0.308. The van der Waals surface area contributed by atoms with Gasteiger partial charge in [-0.15, -0.1) is 0 Å². The van der Waals surface area contributed by atoms with Crippen LogP contribution in [0.1, 0.15) is 6.92 Å². The van der Waals surface area contributed by atoms with Crippen LogP contribution in [-0.4, -0.2) is 74.8 Å². The fourth-order valence-corrected chi connectivity index (χ4v) is 1.43. The predicted molar refractivity (Wildman–Crippen MR) is 54.0 cm³/mol. The molecule has 100 valence electrons. The van der Waals surface area contributed by atoms with Crippen molar-refractivity contribution < 1.29 is 35.1 Å². The van der Waals surface area contributed by atoms with Crippen molar-refractivity contribution in [3.8, 4) is 0 Å². The normalized spacial score (nSPS) is 39.9. The Morgan fingerprint density at radius 1 is 1.53 bits per heavy atom. The van der Waals surface area contributed by atoms with Crippen LogP contribution >= 0.6 is 0 Å². The molecule has 1 aliphatic heterocycles. The molecule has 0 bridgehead atoms. The van der Waals surface area contributed by atoms with Gasteiger partial charge in [0.2, 0.25) is 5.79 Å². The minimum absolute atomic E-state index is 0.349. The summed E-state index contributed by atoms with van der Waals surface area (Å²) in [5.41, 5.74) is 0. The van der Waals surface area contributed by atoms with Gasteiger partial charge in [-0.05, 0) is 6.92 Å². The second kappa shape index (κ2) is 5.25. The first-order valence-corrected chi connectivity index (χ1v) is 5.14. The number of aliphatic hydroxyl groups excluding tert-OH is 3. The Kier molecular flexibility index (Phi) is 4.42. The summed E-state index contributed by atoms with van der Waals surface area (Å²) >= 11 is 0. The molecule has 1 aliphatic rings. The lowest BCUT2D eigenvalue weighted by Crippen LogP contribution is -2.65. The van der Waals surface area contributed by atoms with E-state index in [-0.39, 0.29) is 13.2 Å². The number of rotatable bonds is 4. The van der Waals surface area contributed by atoms with Crippen LogP contribution < -0.4 is 5.32 Å². The molecule has 0 saturated carbocycles. The highest BCUT2D eigenvalue weighted by atomic mass is 16.6. The minimum atomic E-state index is -2.12. The highest BCUT2D eigenvalue weighted by molar-refractivity contribution is 5.72. The average Bonchev–Trinajstić information content (AvgIpc) is 2.29. The third-order valence-electron chi connectivity index (χ3n) is 2.72. The highest BCUT2D eigenvalue weighted by Crippen LogP contribution is 2.23. The van der Waals surface area contributed by atoms with Crippen molar-refractivity contribution in [3.05, 3.63) is 0 Å². The summed E-state index contributed by atoms with van der Waals surface area (Å²) in [7, 11) is 0. The number of ether oxygens (including phenoxy) is 1. The monoisotopic (exact) mass is 251 g/mol. The fraction of sp³-hybridized carbons (Fsp3) is 0.889. The van der Waals surface area contributed by atoms with Crippen LogP contribution in [0.25, 0.3) is 0 Å². The first kappa shape index (κ1) is 14.3. The second-order valence-electron chi connectivity index (χ2n) is 4.10. The van der Waals surface area contributed by atoms with E-state index in [0.717, 1.165) is 0 Å². The molecule has 0 radical (unpaired) electrons. The molecule has 1 rings (SSSR count). The lowest BCUT2D eigenvalue weighted by molar-refractivity contribution is -0.318. The van der Waals surface area contributed by atoms with E-state index in [1.165, 1.54) is 6.92 Å². The second-order valence-corrected chi connectivity index (χ2v) is 4.10. The van der Waals surface area contributed by atoms with E-state index < -0.39 is 36.1 Å². The summed E-state index contributed by atoms with van der Waals surface area (Å²) in [6, 6.07) is -0.946. The lowest BCUT2D eigenvalue weighted by atomic mass is 9.96. The van der Waals surface area contributed by atoms with E-state index in [1.807, 2.05) is 0 Å². The first-order valence-electron chi connectivity index (χ1n) is 5.14. The third-order valence-corrected chi connectivity index (χ3v) is 2.72. The van der Waals surface area contributed by atoms with Crippen LogP contribution in [0, 0.1) is 0 Å². The number of aliphatic carboxylic acids is 1. The highest BCUT2D eigenvalue weighted by Gasteiger charge is 2.48. The Bertz CT molecular complexity index is 287. The van der Waals surface area contributed by atoms with Gasteiger partial charge in [0, 0.05) is 0 Å². The molecule has 8 nitrogen and oxygen atoms in total. The van der Waals surface area contributed by atoms with Crippen LogP contribution in [0.5, 0.6) is 0 Å². The maximum Gasteiger partial charge on any atom is 0.320 e. The molecule has 2 unspecified atom stereocenters. The van der Waals surface area contributed by atoms with E-state index in [0.29, 0.717) is 0 Å². The zero-order chi connectivity index (χ0) is 13.2. The van der Waals surface area contributed by atoms with Gasteiger partial charge in [-0.3, -0.25) is 10.1 Å². The van der Waals surface area contributed by atoms with Gasteiger partial charge in [0.15, 0.2) is 0 Å². The summed E-state index contributed by atoms with van der Waals surface area (Å²) in [5, 5.41) is 49.0. The largest absolute Gasteiger partial charge is 0.480 e. The van der Waals surface area contributed by atoms with E-state index >= 15 is 0 Å². The number of carboxylic acids is 1. The number of aliphatic hydroxyl groups is 4. The molecule has 17 heavy (non-hydrogen) atoms. The van der Waals surface area contributed by atoms with Crippen LogP contribution in [-0.2, 0) is 9.53 Å². The minimum Gasteiger partial charge on any atom is -0.480 e. The maximum atomic E-state index is 10.5. The van der Waals surface area contributed by atoms with Crippen molar-refractivity contribution in [3.63, 3.8) is 0 Å². The Balaban J connectivity index is 2.59. The molecule has 0 spiro atoms. The zero-order valence-electron chi connectivity index (χ0n) is 9.28. The van der Waals surface area contributed by atoms with Crippen LogP contribution in [0.3, 0.4) is 0 Å². The third kappa shape index (κ3) is 3.12. The van der Waals surface area contributed by atoms with Gasteiger partial charge in [0.05, 0.1) is 13.2 Å².